The van der Waals surface area contributed by atoms with Crippen LogP contribution in [0.15, 0.2) is 24.4 Å². The lowest BCUT2D eigenvalue weighted by Crippen LogP contribution is -2.50. The zero-order valence-electron chi connectivity index (χ0n) is 16.9. The molecule has 3 heterocycles. The normalized spacial score (nSPS) is 26.2. The Bertz CT molecular complexity index is 686. The summed E-state index contributed by atoms with van der Waals surface area (Å²) in [7, 11) is 0. The van der Waals surface area contributed by atoms with Crippen LogP contribution in [0.5, 0.6) is 0 Å². The summed E-state index contributed by atoms with van der Waals surface area (Å²) in [5, 5.41) is 0. The van der Waals surface area contributed by atoms with Gasteiger partial charge < -0.3 is 9.80 Å². The van der Waals surface area contributed by atoms with Crippen LogP contribution in [-0.4, -0.2) is 52.8 Å². The molecule has 1 spiro atoms. The van der Waals surface area contributed by atoms with Gasteiger partial charge in [-0.15, -0.1) is 0 Å². The van der Waals surface area contributed by atoms with E-state index in [1.165, 1.54) is 32.1 Å². The smallest absolute Gasteiger partial charge is 0.230 e. The van der Waals surface area contributed by atoms with Gasteiger partial charge in [0.05, 0.1) is 11.8 Å². The van der Waals surface area contributed by atoms with Crippen molar-refractivity contribution >= 4 is 11.8 Å². The number of hydrogen-bond acceptors (Lipinski definition) is 3. The third-order valence-electron chi connectivity index (χ3n) is 7.12. The van der Waals surface area contributed by atoms with Gasteiger partial charge in [0.25, 0.3) is 0 Å². The van der Waals surface area contributed by atoms with Gasteiger partial charge in [-0.25, -0.2) is 0 Å². The molecule has 3 aliphatic rings. The van der Waals surface area contributed by atoms with Gasteiger partial charge >= 0.3 is 0 Å². The van der Waals surface area contributed by atoms with Gasteiger partial charge in [-0.2, -0.15) is 0 Å². The third-order valence-corrected chi connectivity index (χ3v) is 7.12. The number of carbonyl (C=O) groups excluding carboxylic acids is 2. The molecule has 1 aromatic rings. The first-order valence-electron chi connectivity index (χ1n) is 11.1. The predicted molar refractivity (Wildman–Crippen MR) is 109 cm³/mol. The van der Waals surface area contributed by atoms with E-state index in [1.807, 2.05) is 23.1 Å². The first-order valence-corrected chi connectivity index (χ1v) is 11.1. The van der Waals surface area contributed by atoms with Crippen molar-refractivity contribution in [2.45, 2.75) is 64.2 Å². The molecule has 2 saturated heterocycles. The summed E-state index contributed by atoms with van der Waals surface area (Å²) in [6.07, 6.45) is 12.8. The highest BCUT2D eigenvalue weighted by molar-refractivity contribution is 5.86. The van der Waals surface area contributed by atoms with Crippen LogP contribution in [0.1, 0.15) is 63.5 Å². The molecular weight excluding hydrogens is 350 g/mol. The molecule has 3 fully saturated rings. The van der Waals surface area contributed by atoms with E-state index in [0.717, 1.165) is 50.4 Å². The van der Waals surface area contributed by atoms with E-state index < -0.39 is 0 Å². The Hall–Kier alpha value is -1.91. The van der Waals surface area contributed by atoms with Crippen molar-refractivity contribution in [3.63, 3.8) is 0 Å². The second-order valence-electron chi connectivity index (χ2n) is 9.03. The summed E-state index contributed by atoms with van der Waals surface area (Å²) >= 11 is 0. The third kappa shape index (κ3) is 4.23. The van der Waals surface area contributed by atoms with E-state index in [2.05, 4.69) is 9.88 Å². The average molecular weight is 384 g/mol. The predicted octanol–water partition coefficient (Wildman–Crippen LogP) is 3.44. The number of nitrogens with zero attached hydrogens (tertiary/aromatic N) is 3. The van der Waals surface area contributed by atoms with Crippen molar-refractivity contribution in [1.29, 1.82) is 0 Å². The Morgan fingerprint density at radius 3 is 2.75 bits per heavy atom. The molecule has 0 unspecified atom stereocenters. The average Bonchev–Trinajstić information content (AvgIpc) is 3.16. The molecule has 0 bridgehead atoms. The minimum absolute atomic E-state index is 0.0997. The molecule has 0 aromatic carbocycles. The minimum Gasteiger partial charge on any atom is -0.342 e. The quantitative estimate of drug-likeness (QED) is 0.783. The van der Waals surface area contributed by atoms with E-state index in [9.17, 15) is 9.59 Å². The summed E-state index contributed by atoms with van der Waals surface area (Å²) in [4.78, 5) is 34.3. The van der Waals surface area contributed by atoms with Gasteiger partial charge in [-0.1, -0.05) is 38.2 Å². The fraction of sp³-hybridized carbons (Fsp3) is 0.696. The largest absolute Gasteiger partial charge is 0.342 e. The molecule has 0 radical (unpaired) electrons. The second-order valence-corrected chi connectivity index (χ2v) is 9.03. The highest BCUT2D eigenvalue weighted by Gasteiger charge is 2.49. The van der Waals surface area contributed by atoms with Crippen LogP contribution in [0, 0.1) is 11.3 Å². The molecule has 1 saturated carbocycles. The van der Waals surface area contributed by atoms with Gasteiger partial charge in [-0.3, -0.25) is 14.6 Å². The molecule has 0 N–H and O–H groups in total. The fourth-order valence-electron chi connectivity index (χ4n) is 5.41. The minimum atomic E-state index is -0.329. The first-order chi connectivity index (χ1) is 13.7. The van der Waals surface area contributed by atoms with Crippen molar-refractivity contribution in [3.05, 3.63) is 30.1 Å². The molecule has 2 amide bonds. The standard InChI is InChI=1S/C23H33N3O2/c27-21(17-20-9-4-5-13-24-20)26-16-12-23(18-26)11-6-14-25(22(23)28)15-10-19-7-2-1-3-8-19/h4-5,9,13,19H,1-3,6-8,10-12,14-18H2/t23-/m0/s1. The van der Waals surface area contributed by atoms with Gasteiger partial charge in [0.2, 0.25) is 11.8 Å². The summed E-state index contributed by atoms with van der Waals surface area (Å²) in [6.45, 7) is 3.10. The molecule has 1 atom stereocenters. The summed E-state index contributed by atoms with van der Waals surface area (Å²) < 4.78 is 0. The van der Waals surface area contributed by atoms with Crippen LogP contribution in [0.25, 0.3) is 0 Å². The molecule has 28 heavy (non-hydrogen) atoms. The van der Waals surface area contributed by atoms with Crippen molar-refractivity contribution in [3.8, 4) is 0 Å². The van der Waals surface area contributed by atoms with Crippen LogP contribution in [0.4, 0.5) is 0 Å². The Kier molecular flexibility index (Phi) is 5.98. The van der Waals surface area contributed by atoms with Crippen molar-refractivity contribution in [2.75, 3.05) is 26.2 Å². The lowest BCUT2D eigenvalue weighted by atomic mass is 9.78. The van der Waals surface area contributed by atoms with E-state index in [1.54, 1.807) is 6.20 Å². The number of amides is 2. The lowest BCUT2D eigenvalue weighted by Gasteiger charge is -2.40. The van der Waals surface area contributed by atoms with Crippen LogP contribution in [-0.2, 0) is 16.0 Å². The summed E-state index contributed by atoms with van der Waals surface area (Å²) in [5.74, 6) is 1.21. The molecule has 4 rings (SSSR count). The lowest BCUT2D eigenvalue weighted by molar-refractivity contribution is -0.146. The number of hydrogen-bond donors (Lipinski definition) is 0. The van der Waals surface area contributed by atoms with Crippen molar-refractivity contribution in [2.24, 2.45) is 11.3 Å². The van der Waals surface area contributed by atoms with Gasteiger partial charge in [0.1, 0.15) is 0 Å². The number of pyridine rings is 1. The van der Waals surface area contributed by atoms with Crippen LogP contribution >= 0.6 is 0 Å². The maximum Gasteiger partial charge on any atom is 0.230 e. The molecule has 2 aliphatic heterocycles. The van der Waals surface area contributed by atoms with E-state index in [-0.39, 0.29) is 11.3 Å². The van der Waals surface area contributed by atoms with Crippen LogP contribution in [0.3, 0.4) is 0 Å². The van der Waals surface area contributed by atoms with Crippen molar-refractivity contribution in [1.82, 2.24) is 14.8 Å². The summed E-state index contributed by atoms with van der Waals surface area (Å²) in [6, 6.07) is 5.67. The molecule has 5 heteroatoms. The van der Waals surface area contributed by atoms with Crippen molar-refractivity contribution < 1.29 is 9.59 Å². The molecule has 5 nitrogen and oxygen atoms in total. The zero-order valence-corrected chi connectivity index (χ0v) is 16.9. The molecule has 1 aromatic heterocycles. The number of carbonyl (C=O) groups is 2. The Balaban J connectivity index is 1.33. The second kappa shape index (κ2) is 8.62. The summed E-state index contributed by atoms with van der Waals surface area (Å²) in [5.41, 5.74) is 0.474. The number of aromatic nitrogens is 1. The highest BCUT2D eigenvalue weighted by atomic mass is 16.2. The van der Waals surface area contributed by atoms with Crippen LogP contribution in [0.2, 0.25) is 0 Å². The highest BCUT2D eigenvalue weighted by Crippen LogP contribution is 2.40. The Morgan fingerprint density at radius 2 is 1.96 bits per heavy atom. The fourth-order valence-corrected chi connectivity index (χ4v) is 5.41. The van der Waals surface area contributed by atoms with Gasteiger partial charge in [0.15, 0.2) is 0 Å². The van der Waals surface area contributed by atoms with Gasteiger partial charge in [-0.05, 0) is 43.7 Å². The maximum absolute atomic E-state index is 13.3. The van der Waals surface area contributed by atoms with Gasteiger partial charge in [0, 0.05) is 38.1 Å². The van der Waals surface area contributed by atoms with Crippen LogP contribution < -0.4 is 0 Å². The van der Waals surface area contributed by atoms with E-state index >= 15 is 0 Å². The number of piperidine rings is 1. The zero-order chi connectivity index (χ0) is 19.4. The molecular formula is C23H33N3O2. The Labute approximate surface area is 168 Å². The number of rotatable bonds is 5. The van der Waals surface area contributed by atoms with E-state index in [4.69, 9.17) is 0 Å². The number of likely N-dealkylation sites (tertiary alicyclic amines) is 2. The Morgan fingerprint density at radius 1 is 1.11 bits per heavy atom. The van der Waals surface area contributed by atoms with E-state index in [0.29, 0.717) is 25.4 Å². The SMILES string of the molecule is O=C(Cc1ccccn1)N1CC[C@@]2(CCCN(CCC3CCCCC3)C2=O)C1. The topological polar surface area (TPSA) is 53.5 Å². The molecule has 152 valence electrons. The maximum atomic E-state index is 13.3. The molecule has 1 aliphatic carbocycles. The monoisotopic (exact) mass is 383 g/mol. The first kappa shape index (κ1) is 19.4.